The van der Waals surface area contributed by atoms with Gasteiger partial charge in [-0.2, -0.15) is 0 Å². The van der Waals surface area contributed by atoms with Crippen molar-refractivity contribution in [2.75, 3.05) is 0 Å². The molecule has 1 N–H and O–H groups in total. The van der Waals surface area contributed by atoms with Crippen molar-refractivity contribution in [3.63, 3.8) is 0 Å². The zero-order chi connectivity index (χ0) is 10.6. The zero-order valence-electron chi connectivity index (χ0n) is 8.13. The molecule has 0 bridgehead atoms. The number of halogens is 1. The lowest BCUT2D eigenvalue weighted by molar-refractivity contribution is 0.0659. The topological polar surface area (TPSA) is 20.2 Å². The zero-order valence-corrected chi connectivity index (χ0v) is 8.13. The van der Waals surface area contributed by atoms with Crippen molar-refractivity contribution in [3.8, 4) is 12.3 Å². The number of hydrogen-bond donors (Lipinski definition) is 1. The molecule has 0 saturated carbocycles. The average molecular weight is 192 g/mol. The minimum atomic E-state index is -0.910. The molecule has 1 aromatic carbocycles. The quantitative estimate of drug-likeness (QED) is 0.727. The first-order valence-electron chi connectivity index (χ1n) is 4.44. The van der Waals surface area contributed by atoms with Crippen molar-refractivity contribution in [2.45, 2.75) is 25.4 Å². The molecule has 2 heteroatoms. The first-order valence-corrected chi connectivity index (χ1v) is 4.44. The SMILES string of the molecule is C#CCC(C)(O)Cc1ccc(F)cc1. The maximum atomic E-state index is 12.6. The van der Waals surface area contributed by atoms with Gasteiger partial charge in [-0.25, -0.2) is 4.39 Å². The standard InChI is InChI=1S/C12H13FO/c1-3-8-12(2,14)9-10-4-6-11(13)7-5-10/h1,4-7,14H,8-9H2,2H3. The number of hydrogen-bond acceptors (Lipinski definition) is 1. The van der Waals surface area contributed by atoms with Crippen LogP contribution in [0.5, 0.6) is 0 Å². The van der Waals surface area contributed by atoms with Gasteiger partial charge in [0.25, 0.3) is 0 Å². The Labute approximate surface area is 83.6 Å². The van der Waals surface area contributed by atoms with E-state index in [0.717, 1.165) is 5.56 Å². The third-order valence-electron chi connectivity index (χ3n) is 1.98. The molecule has 0 saturated heterocycles. The van der Waals surface area contributed by atoms with E-state index in [9.17, 15) is 9.50 Å². The van der Waals surface area contributed by atoms with Gasteiger partial charge in [0.05, 0.1) is 5.60 Å². The number of rotatable bonds is 3. The summed E-state index contributed by atoms with van der Waals surface area (Å²) in [6, 6.07) is 6.06. The van der Waals surface area contributed by atoms with Gasteiger partial charge in [0.15, 0.2) is 0 Å². The maximum Gasteiger partial charge on any atom is 0.123 e. The number of aliphatic hydroxyl groups is 1. The molecule has 0 aliphatic carbocycles. The minimum absolute atomic E-state index is 0.273. The van der Waals surface area contributed by atoms with E-state index in [-0.39, 0.29) is 5.82 Å². The predicted molar refractivity (Wildman–Crippen MR) is 54.2 cm³/mol. The second-order valence-corrected chi connectivity index (χ2v) is 3.68. The van der Waals surface area contributed by atoms with Gasteiger partial charge in [-0.15, -0.1) is 12.3 Å². The van der Waals surface area contributed by atoms with Gasteiger partial charge in [0.1, 0.15) is 5.82 Å². The van der Waals surface area contributed by atoms with Crippen LogP contribution in [-0.2, 0) is 6.42 Å². The predicted octanol–water partition coefficient (Wildman–Crippen LogP) is 2.14. The van der Waals surface area contributed by atoms with Crippen molar-refractivity contribution < 1.29 is 9.50 Å². The van der Waals surface area contributed by atoms with Crippen molar-refractivity contribution in [1.82, 2.24) is 0 Å². The molecule has 0 spiro atoms. The van der Waals surface area contributed by atoms with Crippen LogP contribution in [0.15, 0.2) is 24.3 Å². The van der Waals surface area contributed by atoms with Crippen LogP contribution in [0, 0.1) is 18.2 Å². The monoisotopic (exact) mass is 192 g/mol. The molecule has 1 atom stereocenters. The molecule has 1 nitrogen and oxygen atoms in total. The van der Waals surface area contributed by atoms with Crippen LogP contribution in [0.4, 0.5) is 4.39 Å². The molecule has 1 unspecified atom stereocenters. The maximum absolute atomic E-state index is 12.6. The molecule has 1 aromatic rings. The largest absolute Gasteiger partial charge is 0.389 e. The Bertz CT molecular complexity index is 332. The van der Waals surface area contributed by atoms with Crippen molar-refractivity contribution in [2.24, 2.45) is 0 Å². The second-order valence-electron chi connectivity index (χ2n) is 3.68. The van der Waals surface area contributed by atoms with Crippen LogP contribution < -0.4 is 0 Å². The van der Waals surface area contributed by atoms with Gasteiger partial charge in [-0.3, -0.25) is 0 Å². The lowest BCUT2D eigenvalue weighted by Crippen LogP contribution is -2.26. The highest BCUT2D eigenvalue weighted by molar-refractivity contribution is 5.18. The summed E-state index contributed by atoms with van der Waals surface area (Å²) in [7, 11) is 0. The van der Waals surface area contributed by atoms with E-state index in [0.29, 0.717) is 12.8 Å². The van der Waals surface area contributed by atoms with E-state index in [2.05, 4.69) is 5.92 Å². The Kier molecular flexibility index (Phi) is 3.27. The summed E-state index contributed by atoms with van der Waals surface area (Å²) in [5.41, 5.74) is -0.0290. The van der Waals surface area contributed by atoms with Crippen LogP contribution in [0.25, 0.3) is 0 Å². The Hall–Kier alpha value is -1.33. The molecule has 74 valence electrons. The van der Waals surface area contributed by atoms with E-state index in [4.69, 9.17) is 6.42 Å². The normalized spacial score (nSPS) is 14.4. The molecule has 14 heavy (non-hydrogen) atoms. The third-order valence-corrected chi connectivity index (χ3v) is 1.98. The summed E-state index contributed by atoms with van der Waals surface area (Å²) in [6.07, 6.45) is 5.86. The molecular formula is C12H13FO. The van der Waals surface area contributed by atoms with E-state index < -0.39 is 5.60 Å². The van der Waals surface area contributed by atoms with Crippen LogP contribution >= 0.6 is 0 Å². The summed E-state index contributed by atoms with van der Waals surface area (Å²) in [4.78, 5) is 0. The van der Waals surface area contributed by atoms with Crippen LogP contribution in [0.3, 0.4) is 0 Å². The van der Waals surface area contributed by atoms with Gasteiger partial charge in [-0.05, 0) is 24.6 Å². The van der Waals surface area contributed by atoms with E-state index in [1.165, 1.54) is 12.1 Å². The molecular weight excluding hydrogens is 179 g/mol. The molecule has 0 aliphatic rings. The van der Waals surface area contributed by atoms with Crippen molar-refractivity contribution in [3.05, 3.63) is 35.6 Å². The third kappa shape index (κ3) is 3.20. The lowest BCUT2D eigenvalue weighted by Gasteiger charge is -2.20. The van der Waals surface area contributed by atoms with Gasteiger partial charge in [-0.1, -0.05) is 12.1 Å². The number of terminal acetylenes is 1. The summed E-state index contributed by atoms with van der Waals surface area (Å²) in [6.45, 7) is 1.68. The van der Waals surface area contributed by atoms with Crippen LogP contribution in [0.2, 0.25) is 0 Å². The molecule has 0 aromatic heterocycles. The Balaban J connectivity index is 2.69. The second kappa shape index (κ2) is 4.26. The Morgan fingerprint density at radius 2 is 2.00 bits per heavy atom. The number of benzene rings is 1. The summed E-state index contributed by atoms with van der Waals surface area (Å²) in [5, 5.41) is 9.80. The van der Waals surface area contributed by atoms with E-state index in [1.807, 2.05) is 0 Å². The summed E-state index contributed by atoms with van der Waals surface area (Å²) in [5.74, 6) is 2.14. The fraction of sp³-hybridized carbons (Fsp3) is 0.333. The summed E-state index contributed by atoms with van der Waals surface area (Å²) >= 11 is 0. The average Bonchev–Trinajstić information content (AvgIpc) is 2.08. The lowest BCUT2D eigenvalue weighted by atomic mass is 9.94. The van der Waals surface area contributed by atoms with Gasteiger partial charge in [0, 0.05) is 12.8 Å². The minimum Gasteiger partial charge on any atom is -0.389 e. The highest BCUT2D eigenvalue weighted by Gasteiger charge is 2.19. The molecule has 0 aliphatic heterocycles. The molecule has 0 heterocycles. The first kappa shape index (κ1) is 10.7. The van der Waals surface area contributed by atoms with Crippen molar-refractivity contribution >= 4 is 0 Å². The van der Waals surface area contributed by atoms with Gasteiger partial charge in [0.2, 0.25) is 0 Å². The highest BCUT2D eigenvalue weighted by atomic mass is 19.1. The highest BCUT2D eigenvalue weighted by Crippen LogP contribution is 2.16. The van der Waals surface area contributed by atoms with Crippen LogP contribution in [0.1, 0.15) is 18.9 Å². The molecule has 1 rings (SSSR count). The molecule has 0 amide bonds. The Morgan fingerprint density at radius 3 is 2.50 bits per heavy atom. The summed E-state index contributed by atoms with van der Waals surface area (Å²) < 4.78 is 12.6. The van der Waals surface area contributed by atoms with E-state index in [1.54, 1.807) is 19.1 Å². The van der Waals surface area contributed by atoms with Gasteiger partial charge < -0.3 is 5.11 Å². The smallest absolute Gasteiger partial charge is 0.123 e. The fourth-order valence-corrected chi connectivity index (χ4v) is 1.32. The van der Waals surface area contributed by atoms with E-state index >= 15 is 0 Å². The molecule has 0 fully saturated rings. The Morgan fingerprint density at radius 1 is 1.43 bits per heavy atom. The molecule has 0 radical (unpaired) electrons. The fourth-order valence-electron chi connectivity index (χ4n) is 1.32. The van der Waals surface area contributed by atoms with Crippen LogP contribution in [-0.4, -0.2) is 10.7 Å². The first-order chi connectivity index (χ1) is 6.53. The van der Waals surface area contributed by atoms with Crippen molar-refractivity contribution in [1.29, 1.82) is 0 Å². The van der Waals surface area contributed by atoms with Gasteiger partial charge >= 0.3 is 0 Å².